The molecule has 1 aliphatic heterocycles. The average molecular weight is 459 g/mol. The molecule has 0 amide bonds. The Balaban J connectivity index is 1.84. The molecule has 2 radical (unpaired) electrons. The van der Waals surface area contributed by atoms with Gasteiger partial charge in [0.05, 0.1) is 0 Å². The van der Waals surface area contributed by atoms with Crippen molar-refractivity contribution in [1.29, 1.82) is 5.26 Å². The van der Waals surface area contributed by atoms with Crippen molar-refractivity contribution in [2.75, 3.05) is 25.0 Å². The van der Waals surface area contributed by atoms with E-state index in [9.17, 15) is 9.59 Å². The van der Waals surface area contributed by atoms with Crippen LogP contribution in [-0.2, 0) is 0 Å². The van der Waals surface area contributed by atoms with Gasteiger partial charge < -0.3 is 0 Å². The SMILES string of the molecule is CNC(CC#N)C1CCN(c2c(F)cc3c(=O)n([As])c(=O)n(C4CC4)c3c2C)C1. The number of aryl methyl sites for hydroxylation is 1. The predicted molar refractivity (Wildman–Crippen MR) is 110 cm³/mol. The Morgan fingerprint density at radius 3 is 2.72 bits per heavy atom. The summed E-state index contributed by atoms with van der Waals surface area (Å²) < 4.78 is 17.9. The molecule has 2 aliphatic rings. The minimum atomic E-state index is -0.487. The van der Waals surface area contributed by atoms with Crippen LogP contribution in [0.5, 0.6) is 0 Å². The van der Waals surface area contributed by atoms with Crippen LogP contribution in [0.3, 0.4) is 0 Å². The van der Waals surface area contributed by atoms with Gasteiger partial charge in [0.15, 0.2) is 0 Å². The zero-order valence-electron chi connectivity index (χ0n) is 16.5. The number of nitrogens with zero attached hydrogens (tertiary/aromatic N) is 4. The van der Waals surface area contributed by atoms with Crippen molar-refractivity contribution in [3.05, 3.63) is 38.3 Å². The van der Waals surface area contributed by atoms with Crippen molar-refractivity contribution in [3.8, 4) is 6.07 Å². The number of halogens is 1. The van der Waals surface area contributed by atoms with Gasteiger partial charge in [-0.1, -0.05) is 0 Å². The number of anilines is 1. The second kappa shape index (κ2) is 7.62. The van der Waals surface area contributed by atoms with E-state index in [1.807, 2.05) is 29.0 Å². The summed E-state index contributed by atoms with van der Waals surface area (Å²) in [7, 11) is 1.84. The molecule has 2 unspecified atom stereocenters. The number of aromatic nitrogens is 2. The van der Waals surface area contributed by atoms with E-state index in [0.717, 1.165) is 22.7 Å². The molecule has 1 saturated carbocycles. The van der Waals surface area contributed by atoms with Gasteiger partial charge in [-0.2, -0.15) is 5.26 Å². The van der Waals surface area contributed by atoms with Crippen LogP contribution in [0.15, 0.2) is 15.7 Å². The molecule has 1 saturated heterocycles. The zero-order chi connectivity index (χ0) is 20.9. The maximum atomic E-state index is 15.2. The first-order valence-corrected chi connectivity index (χ1v) is 10.7. The van der Waals surface area contributed by atoms with Crippen molar-refractivity contribution < 1.29 is 4.39 Å². The molecular formula is C20H23AsFN5O2. The van der Waals surface area contributed by atoms with Gasteiger partial charge in [0, 0.05) is 0 Å². The Morgan fingerprint density at radius 1 is 1.38 bits per heavy atom. The normalized spacial score (nSPS) is 20.2. The van der Waals surface area contributed by atoms with Crippen molar-refractivity contribution in [2.24, 2.45) is 5.92 Å². The number of fused-ring (bicyclic) bond motifs is 1. The summed E-state index contributed by atoms with van der Waals surface area (Å²) in [5, 5.41) is 12.5. The fourth-order valence-corrected chi connectivity index (χ4v) is 5.04. The van der Waals surface area contributed by atoms with E-state index in [1.165, 1.54) is 6.07 Å². The number of nitriles is 1. The van der Waals surface area contributed by atoms with E-state index in [-0.39, 0.29) is 29.1 Å². The molecule has 9 heteroatoms. The Morgan fingerprint density at radius 2 is 2.10 bits per heavy atom. The Labute approximate surface area is 176 Å². The Kier molecular flexibility index (Phi) is 5.30. The summed E-state index contributed by atoms with van der Waals surface area (Å²) in [5.74, 6) is -0.205. The number of nitrogens with one attached hydrogen (secondary N) is 1. The number of benzene rings is 1. The Bertz CT molecular complexity index is 1130. The number of hydrogen-bond donors (Lipinski definition) is 1. The van der Waals surface area contributed by atoms with E-state index >= 15 is 4.39 Å². The third-order valence-corrected chi connectivity index (χ3v) is 6.96. The van der Waals surface area contributed by atoms with Gasteiger partial charge in [0.1, 0.15) is 0 Å². The van der Waals surface area contributed by atoms with E-state index in [4.69, 9.17) is 5.26 Å². The maximum absolute atomic E-state index is 15.2. The van der Waals surface area contributed by atoms with Crippen LogP contribution in [0.2, 0.25) is 0 Å². The van der Waals surface area contributed by atoms with Crippen LogP contribution < -0.4 is 21.5 Å². The Hall–Kier alpha value is -2.10. The molecule has 2 aromatic rings. The fraction of sp³-hybridized carbons (Fsp3) is 0.550. The summed E-state index contributed by atoms with van der Waals surface area (Å²) >= 11 is 1.98. The average Bonchev–Trinajstić information content (AvgIpc) is 3.42. The molecule has 29 heavy (non-hydrogen) atoms. The molecule has 1 aliphatic carbocycles. The second-order valence-corrected chi connectivity index (χ2v) is 8.82. The van der Waals surface area contributed by atoms with Gasteiger partial charge in [0.25, 0.3) is 0 Å². The van der Waals surface area contributed by atoms with E-state index < -0.39 is 11.4 Å². The first-order valence-electron chi connectivity index (χ1n) is 9.87. The van der Waals surface area contributed by atoms with Crippen LogP contribution in [-0.4, -0.2) is 51.3 Å². The molecule has 4 rings (SSSR count). The number of rotatable bonds is 5. The fourth-order valence-electron chi connectivity index (χ4n) is 4.61. The minimum absolute atomic E-state index is 0.0588. The predicted octanol–water partition coefficient (Wildman–Crippen LogP) is 1.21. The van der Waals surface area contributed by atoms with Crippen molar-refractivity contribution in [2.45, 2.75) is 44.7 Å². The molecule has 1 N–H and O–H groups in total. The third-order valence-electron chi connectivity index (χ3n) is 6.22. The summed E-state index contributed by atoms with van der Waals surface area (Å²) in [6, 6.07) is 3.61. The van der Waals surface area contributed by atoms with E-state index in [0.29, 0.717) is 36.3 Å². The van der Waals surface area contributed by atoms with Crippen LogP contribution in [0, 0.1) is 30.0 Å². The summed E-state index contributed by atoms with van der Waals surface area (Å²) in [6.45, 7) is 3.10. The van der Waals surface area contributed by atoms with Gasteiger partial charge in [-0.05, 0) is 0 Å². The van der Waals surface area contributed by atoms with Gasteiger partial charge in [-0.15, -0.1) is 0 Å². The van der Waals surface area contributed by atoms with E-state index in [2.05, 4.69) is 11.4 Å². The molecule has 1 aromatic heterocycles. The third kappa shape index (κ3) is 3.31. The molecule has 0 bridgehead atoms. The number of hydrogen-bond acceptors (Lipinski definition) is 5. The zero-order valence-corrected chi connectivity index (χ0v) is 18.4. The quantitative estimate of drug-likeness (QED) is 0.680. The standard InChI is InChI=1S/C20H23AsFN5O2/c1-11-17-14(19(28)27(21)20(29)26(17)13-3-4-13)9-15(22)18(11)25-8-6-12(10-25)16(24-2)5-7-23/h9,12-13,16,24H,3-6,8,10H2,1-2H3. The first-order chi connectivity index (χ1) is 13.9. The molecule has 2 fully saturated rings. The van der Waals surface area contributed by atoms with Crippen LogP contribution in [0.25, 0.3) is 10.9 Å². The molecular weight excluding hydrogens is 436 g/mol. The topological polar surface area (TPSA) is 83.1 Å². The molecule has 7 nitrogen and oxygen atoms in total. The van der Waals surface area contributed by atoms with Crippen molar-refractivity contribution in [1.82, 2.24) is 13.4 Å². The van der Waals surface area contributed by atoms with Crippen LogP contribution in [0.4, 0.5) is 10.1 Å². The van der Waals surface area contributed by atoms with Gasteiger partial charge in [-0.3, -0.25) is 0 Å². The summed E-state index contributed by atoms with van der Waals surface area (Å²) in [4.78, 5) is 27.4. The van der Waals surface area contributed by atoms with E-state index in [1.54, 1.807) is 11.5 Å². The molecule has 1 aromatic carbocycles. The summed E-state index contributed by atoms with van der Waals surface area (Å²) in [5.41, 5.74) is 0.791. The molecule has 0 spiro atoms. The van der Waals surface area contributed by atoms with Gasteiger partial charge in [0.2, 0.25) is 0 Å². The van der Waals surface area contributed by atoms with Crippen molar-refractivity contribution in [3.63, 3.8) is 0 Å². The van der Waals surface area contributed by atoms with Crippen LogP contribution >= 0.6 is 0 Å². The van der Waals surface area contributed by atoms with Crippen molar-refractivity contribution >= 4 is 33.7 Å². The molecule has 2 atom stereocenters. The van der Waals surface area contributed by atoms with Gasteiger partial charge >= 0.3 is 171 Å². The summed E-state index contributed by atoms with van der Waals surface area (Å²) in [6.07, 6.45) is 3.03. The molecule has 2 heterocycles. The van der Waals surface area contributed by atoms with Gasteiger partial charge in [-0.25, -0.2) is 0 Å². The first kappa shape index (κ1) is 20.2. The second-order valence-electron chi connectivity index (χ2n) is 7.98. The van der Waals surface area contributed by atoms with Crippen LogP contribution in [0.1, 0.15) is 37.3 Å². The molecule has 152 valence electrons. The monoisotopic (exact) mass is 459 g/mol.